The first-order valence-electron chi connectivity index (χ1n) is 7.12. The summed E-state index contributed by atoms with van der Waals surface area (Å²) < 4.78 is 6.48. The first-order chi connectivity index (χ1) is 9.10. The van der Waals surface area contributed by atoms with Gasteiger partial charge in [0, 0.05) is 17.1 Å². The van der Waals surface area contributed by atoms with Crippen LogP contribution in [-0.4, -0.2) is 25.1 Å². The second-order valence-corrected chi connectivity index (χ2v) is 6.64. The molecule has 0 radical (unpaired) electrons. The summed E-state index contributed by atoms with van der Waals surface area (Å²) in [5, 5.41) is 0. The average Bonchev–Trinajstić information content (AvgIpc) is 2.42. The monoisotopic (exact) mass is 325 g/mol. The predicted octanol–water partition coefficient (Wildman–Crippen LogP) is 4.47. The Hall–Kier alpha value is -0.540. The molecule has 0 saturated heterocycles. The number of rotatable bonds is 4. The van der Waals surface area contributed by atoms with Crippen molar-refractivity contribution in [3.8, 4) is 5.75 Å². The van der Waals surface area contributed by atoms with E-state index in [0.717, 1.165) is 24.3 Å². The second kappa shape index (κ2) is 6.76. The molecule has 1 aliphatic rings. The Morgan fingerprint density at radius 1 is 1.26 bits per heavy atom. The molecule has 0 aliphatic heterocycles. The van der Waals surface area contributed by atoms with Gasteiger partial charge in [0.2, 0.25) is 0 Å². The van der Waals surface area contributed by atoms with E-state index in [-0.39, 0.29) is 0 Å². The Balaban J connectivity index is 2.00. The molecule has 106 valence electrons. The van der Waals surface area contributed by atoms with Crippen LogP contribution in [0.1, 0.15) is 38.2 Å². The molecule has 2 nitrogen and oxygen atoms in total. The van der Waals surface area contributed by atoms with E-state index in [9.17, 15) is 0 Å². The Labute approximate surface area is 125 Å². The van der Waals surface area contributed by atoms with Crippen molar-refractivity contribution >= 4 is 15.9 Å². The number of methoxy groups -OCH3 is 1. The van der Waals surface area contributed by atoms with E-state index in [1.807, 2.05) is 6.07 Å². The van der Waals surface area contributed by atoms with Crippen molar-refractivity contribution in [2.24, 2.45) is 5.92 Å². The van der Waals surface area contributed by atoms with E-state index in [4.69, 9.17) is 4.74 Å². The van der Waals surface area contributed by atoms with Gasteiger partial charge in [-0.25, -0.2) is 0 Å². The lowest BCUT2D eigenvalue weighted by Crippen LogP contribution is -2.34. The van der Waals surface area contributed by atoms with Crippen molar-refractivity contribution < 1.29 is 4.74 Å². The molecule has 19 heavy (non-hydrogen) atoms. The van der Waals surface area contributed by atoms with Crippen molar-refractivity contribution in [2.45, 2.75) is 45.2 Å². The molecule has 0 heterocycles. The molecule has 0 spiro atoms. The van der Waals surface area contributed by atoms with Gasteiger partial charge >= 0.3 is 0 Å². The van der Waals surface area contributed by atoms with Crippen LogP contribution < -0.4 is 4.74 Å². The molecule has 0 N–H and O–H groups in total. The van der Waals surface area contributed by atoms with Gasteiger partial charge in [0.25, 0.3) is 0 Å². The Morgan fingerprint density at radius 2 is 1.95 bits per heavy atom. The van der Waals surface area contributed by atoms with Gasteiger partial charge in [-0.15, -0.1) is 0 Å². The standard InChI is InChI=1S/C16H24BrNO/c1-12-4-6-14(7-5-12)18(2)11-13-10-15(19-3)8-9-16(13)17/h8-10,12,14H,4-7,11H2,1-3H3. The van der Waals surface area contributed by atoms with Crippen LogP contribution in [0, 0.1) is 5.92 Å². The summed E-state index contributed by atoms with van der Waals surface area (Å²) in [6.07, 6.45) is 5.40. The molecular weight excluding hydrogens is 302 g/mol. The van der Waals surface area contributed by atoms with Crippen LogP contribution in [0.4, 0.5) is 0 Å². The van der Waals surface area contributed by atoms with E-state index < -0.39 is 0 Å². The molecule has 1 fully saturated rings. The van der Waals surface area contributed by atoms with Crippen LogP contribution >= 0.6 is 15.9 Å². The van der Waals surface area contributed by atoms with Crippen molar-refractivity contribution in [1.82, 2.24) is 4.90 Å². The largest absolute Gasteiger partial charge is 0.497 e. The van der Waals surface area contributed by atoms with Crippen LogP contribution in [0.5, 0.6) is 5.75 Å². The van der Waals surface area contributed by atoms with Gasteiger partial charge in [-0.05, 0) is 62.4 Å². The third-order valence-electron chi connectivity index (χ3n) is 4.28. The van der Waals surface area contributed by atoms with Crippen molar-refractivity contribution in [2.75, 3.05) is 14.2 Å². The summed E-state index contributed by atoms with van der Waals surface area (Å²) in [4.78, 5) is 2.49. The summed E-state index contributed by atoms with van der Waals surface area (Å²) in [6.45, 7) is 3.35. The van der Waals surface area contributed by atoms with E-state index in [0.29, 0.717) is 0 Å². The molecule has 1 saturated carbocycles. The van der Waals surface area contributed by atoms with Crippen molar-refractivity contribution in [3.05, 3.63) is 28.2 Å². The molecule has 0 bridgehead atoms. The average molecular weight is 326 g/mol. The quantitative estimate of drug-likeness (QED) is 0.809. The topological polar surface area (TPSA) is 12.5 Å². The fraction of sp³-hybridized carbons (Fsp3) is 0.625. The van der Waals surface area contributed by atoms with Crippen LogP contribution in [0.25, 0.3) is 0 Å². The van der Waals surface area contributed by atoms with Gasteiger partial charge in [-0.2, -0.15) is 0 Å². The highest BCUT2D eigenvalue weighted by molar-refractivity contribution is 9.10. The third-order valence-corrected chi connectivity index (χ3v) is 5.05. The highest BCUT2D eigenvalue weighted by Crippen LogP contribution is 2.29. The molecule has 0 amide bonds. The molecule has 0 aromatic heterocycles. The molecule has 0 unspecified atom stereocenters. The number of halogens is 1. The van der Waals surface area contributed by atoms with Crippen molar-refractivity contribution in [3.63, 3.8) is 0 Å². The summed E-state index contributed by atoms with van der Waals surface area (Å²) in [5.74, 6) is 1.84. The molecule has 2 rings (SSSR count). The third kappa shape index (κ3) is 3.96. The summed E-state index contributed by atoms with van der Waals surface area (Å²) in [5.41, 5.74) is 1.31. The van der Waals surface area contributed by atoms with Gasteiger partial charge in [0.05, 0.1) is 7.11 Å². The minimum Gasteiger partial charge on any atom is -0.497 e. The Bertz CT molecular complexity index is 413. The lowest BCUT2D eigenvalue weighted by Gasteiger charge is -2.33. The Morgan fingerprint density at radius 3 is 2.58 bits per heavy atom. The predicted molar refractivity (Wildman–Crippen MR) is 83.6 cm³/mol. The van der Waals surface area contributed by atoms with Gasteiger partial charge in [-0.3, -0.25) is 4.90 Å². The molecule has 1 aromatic rings. The van der Waals surface area contributed by atoms with E-state index in [1.54, 1.807) is 7.11 Å². The maximum atomic E-state index is 5.31. The highest BCUT2D eigenvalue weighted by Gasteiger charge is 2.22. The summed E-state index contributed by atoms with van der Waals surface area (Å²) in [6, 6.07) is 6.93. The lowest BCUT2D eigenvalue weighted by molar-refractivity contribution is 0.163. The van der Waals surface area contributed by atoms with Crippen LogP contribution in [0.3, 0.4) is 0 Å². The van der Waals surface area contributed by atoms with E-state index in [2.05, 4.69) is 46.9 Å². The molecule has 1 aliphatic carbocycles. The SMILES string of the molecule is COc1ccc(Br)c(CN(C)C2CCC(C)CC2)c1. The minimum atomic E-state index is 0.731. The van der Waals surface area contributed by atoms with E-state index >= 15 is 0 Å². The normalized spacial score (nSPS) is 23.6. The van der Waals surface area contributed by atoms with Gasteiger partial charge in [-0.1, -0.05) is 22.9 Å². The zero-order valence-electron chi connectivity index (χ0n) is 12.2. The maximum absolute atomic E-state index is 5.31. The first-order valence-corrected chi connectivity index (χ1v) is 7.92. The van der Waals surface area contributed by atoms with Gasteiger partial charge < -0.3 is 4.74 Å². The van der Waals surface area contributed by atoms with Crippen molar-refractivity contribution in [1.29, 1.82) is 0 Å². The highest BCUT2D eigenvalue weighted by atomic mass is 79.9. The van der Waals surface area contributed by atoms with Crippen LogP contribution in [0.15, 0.2) is 22.7 Å². The smallest absolute Gasteiger partial charge is 0.119 e. The molecular formula is C16H24BrNO. The number of hydrogen-bond acceptors (Lipinski definition) is 2. The number of nitrogens with zero attached hydrogens (tertiary/aromatic N) is 1. The minimum absolute atomic E-state index is 0.731. The summed E-state index contributed by atoms with van der Waals surface area (Å²) >= 11 is 3.64. The van der Waals surface area contributed by atoms with E-state index in [1.165, 1.54) is 35.7 Å². The molecule has 3 heteroatoms. The van der Waals surface area contributed by atoms with Gasteiger partial charge in [0.15, 0.2) is 0 Å². The number of hydrogen-bond donors (Lipinski definition) is 0. The molecule has 1 aromatic carbocycles. The number of benzene rings is 1. The van der Waals surface area contributed by atoms with Gasteiger partial charge in [0.1, 0.15) is 5.75 Å². The second-order valence-electron chi connectivity index (χ2n) is 5.79. The van der Waals surface area contributed by atoms with Crippen LogP contribution in [-0.2, 0) is 6.54 Å². The fourth-order valence-electron chi connectivity index (χ4n) is 2.88. The maximum Gasteiger partial charge on any atom is 0.119 e. The molecule has 0 atom stereocenters. The first kappa shape index (κ1) is 14.9. The number of ether oxygens (including phenoxy) is 1. The Kier molecular flexibility index (Phi) is 5.28. The fourth-order valence-corrected chi connectivity index (χ4v) is 3.25. The zero-order chi connectivity index (χ0) is 13.8. The summed E-state index contributed by atoms with van der Waals surface area (Å²) in [7, 11) is 3.96. The van der Waals surface area contributed by atoms with Crippen LogP contribution in [0.2, 0.25) is 0 Å². The zero-order valence-corrected chi connectivity index (χ0v) is 13.7. The lowest BCUT2D eigenvalue weighted by atomic mass is 9.86.